The van der Waals surface area contributed by atoms with Gasteiger partial charge in [-0.15, -0.1) is 5.10 Å². The van der Waals surface area contributed by atoms with Crippen molar-refractivity contribution in [3.63, 3.8) is 0 Å². The molecule has 1 aromatic heterocycles. The SMILES string of the molecule is Cc1ccc(N)cc1-c1nnnn1CCS(C)=O. The molecular weight excluding hydrogens is 250 g/mol. The fraction of sp³-hybridized carbons (Fsp3) is 0.364. The molecule has 0 spiro atoms. The van der Waals surface area contributed by atoms with E-state index >= 15 is 0 Å². The van der Waals surface area contributed by atoms with Crippen molar-refractivity contribution in [1.29, 1.82) is 0 Å². The molecule has 0 amide bonds. The van der Waals surface area contributed by atoms with Crippen molar-refractivity contribution in [1.82, 2.24) is 20.2 Å². The molecule has 1 aromatic carbocycles. The van der Waals surface area contributed by atoms with Gasteiger partial charge in [0.25, 0.3) is 0 Å². The van der Waals surface area contributed by atoms with Gasteiger partial charge in [-0.05, 0) is 35.0 Å². The molecular formula is C11H15N5OS. The summed E-state index contributed by atoms with van der Waals surface area (Å²) in [6.07, 6.45) is 1.66. The minimum atomic E-state index is -0.866. The Morgan fingerprint density at radius 2 is 2.22 bits per heavy atom. The van der Waals surface area contributed by atoms with Crippen LogP contribution in [0.1, 0.15) is 5.56 Å². The topological polar surface area (TPSA) is 86.7 Å². The van der Waals surface area contributed by atoms with E-state index in [4.69, 9.17) is 5.73 Å². The largest absolute Gasteiger partial charge is 0.399 e. The third-order valence-corrected chi connectivity index (χ3v) is 3.38. The second-order valence-corrected chi connectivity index (χ2v) is 5.63. The van der Waals surface area contributed by atoms with Gasteiger partial charge in [-0.1, -0.05) is 6.07 Å². The fourth-order valence-corrected chi connectivity index (χ4v) is 2.07. The van der Waals surface area contributed by atoms with E-state index in [2.05, 4.69) is 15.5 Å². The van der Waals surface area contributed by atoms with E-state index in [1.807, 2.05) is 25.1 Å². The lowest BCUT2D eigenvalue weighted by Gasteiger charge is -2.07. The van der Waals surface area contributed by atoms with Gasteiger partial charge in [0, 0.05) is 34.1 Å². The maximum atomic E-state index is 11.1. The predicted molar refractivity (Wildman–Crippen MR) is 71.3 cm³/mol. The van der Waals surface area contributed by atoms with Gasteiger partial charge >= 0.3 is 0 Å². The zero-order chi connectivity index (χ0) is 13.1. The quantitative estimate of drug-likeness (QED) is 0.818. The van der Waals surface area contributed by atoms with Crippen LogP contribution in [-0.4, -0.2) is 36.4 Å². The molecule has 0 fully saturated rings. The lowest BCUT2D eigenvalue weighted by molar-refractivity contribution is 0.625. The summed E-state index contributed by atoms with van der Waals surface area (Å²) in [7, 11) is -0.866. The summed E-state index contributed by atoms with van der Waals surface area (Å²) in [6.45, 7) is 2.51. The third-order valence-electron chi connectivity index (χ3n) is 2.62. The number of nitrogens with two attached hydrogens (primary N) is 1. The normalized spacial score (nSPS) is 12.6. The van der Waals surface area contributed by atoms with E-state index in [9.17, 15) is 4.21 Å². The molecule has 0 radical (unpaired) electrons. The highest BCUT2D eigenvalue weighted by Crippen LogP contribution is 2.22. The minimum Gasteiger partial charge on any atom is -0.399 e. The number of nitrogens with zero attached hydrogens (tertiary/aromatic N) is 4. The van der Waals surface area contributed by atoms with E-state index in [0.29, 0.717) is 23.8 Å². The van der Waals surface area contributed by atoms with Gasteiger partial charge in [0.2, 0.25) is 0 Å². The zero-order valence-electron chi connectivity index (χ0n) is 10.3. The molecule has 1 unspecified atom stereocenters. The van der Waals surface area contributed by atoms with Crippen LogP contribution in [0.4, 0.5) is 5.69 Å². The Kier molecular flexibility index (Phi) is 3.71. The molecule has 0 aliphatic carbocycles. The molecule has 1 heterocycles. The Hall–Kier alpha value is -1.76. The smallest absolute Gasteiger partial charge is 0.182 e. The molecule has 2 N–H and O–H groups in total. The molecule has 18 heavy (non-hydrogen) atoms. The van der Waals surface area contributed by atoms with E-state index < -0.39 is 10.8 Å². The molecule has 0 saturated heterocycles. The molecule has 0 aliphatic heterocycles. The van der Waals surface area contributed by atoms with Crippen LogP contribution in [0.25, 0.3) is 11.4 Å². The van der Waals surface area contributed by atoms with Gasteiger partial charge in [-0.3, -0.25) is 4.21 Å². The Morgan fingerprint density at radius 1 is 1.44 bits per heavy atom. The van der Waals surface area contributed by atoms with Crippen LogP contribution in [0.3, 0.4) is 0 Å². The molecule has 96 valence electrons. The molecule has 7 heteroatoms. The predicted octanol–water partition coefficient (Wildman–Crippen LogP) is 0.609. The van der Waals surface area contributed by atoms with Crippen molar-refractivity contribution in [3.8, 4) is 11.4 Å². The van der Waals surface area contributed by atoms with Gasteiger partial charge in [0.1, 0.15) is 0 Å². The number of aromatic nitrogens is 4. The Labute approximate surface area is 108 Å². The number of rotatable bonds is 4. The Morgan fingerprint density at radius 3 is 2.94 bits per heavy atom. The summed E-state index contributed by atoms with van der Waals surface area (Å²) >= 11 is 0. The highest BCUT2D eigenvalue weighted by Gasteiger charge is 2.11. The van der Waals surface area contributed by atoms with Gasteiger partial charge in [-0.25, -0.2) is 4.68 Å². The summed E-state index contributed by atoms with van der Waals surface area (Å²) in [5, 5.41) is 11.6. The van der Waals surface area contributed by atoms with Gasteiger partial charge in [0.15, 0.2) is 5.82 Å². The summed E-state index contributed by atoms with van der Waals surface area (Å²) in [4.78, 5) is 0. The molecule has 6 nitrogen and oxygen atoms in total. The first-order chi connectivity index (χ1) is 8.58. The average molecular weight is 265 g/mol. The summed E-state index contributed by atoms with van der Waals surface area (Å²) in [5.41, 5.74) is 8.41. The van der Waals surface area contributed by atoms with Crippen molar-refractivity contribution < 1.29 is 4.21 Å². The van der Waals surface area contributed by atoms with Crippen molar-refractivity contribution in [2.75, 3.05) is 17.7 Å². The van der Waals surface area contributed by atoms with Crippen molar-refractivity contribution in [2.24, 2.45) is 0 Å². The molecule has 2 aromatic rings. The van der Waals surface area contributed by atoms with Crippen LogP contribution in [0.15, 0.2) is 18.2 Å². The van der Waals surface area contributed by atoms with E-state index in [1.165, 1.54) is 0 Å². The molecule has 2 rings (SSSR count). The number of nitrogen functional groups attached to an aromatic ring is 1. The fourth-order valence-electron chi connectivity index (χ4n) is 1.64. The second-order valence-electron chi connectivity index (χ2n) is 4.08. The van der Waals surface area contributed by atoms with Gasteiger partial charge in [-0.2, -0.15) is 0 Å². The minimum absolute atomic E-state index is 0.527. The average Bonchev–Trinajstić information content (AvgIpc) is 2.77. The molecule has 0 bridgehead atoms. The monoisotopic (exact) mass is 265 g/mol. The maximum Gasteiger partial charge on any atom is 0.182 e. The number of hydrogen-bond donors (Lipinski definition) is 1. The third kappa shape index (κ3) is 2.73. The van der Waals surface area contributed by atoms with Crippen molar-refractivity contribution in [2.45, 2.75) is 13.5 Å². The van der Waals surface area contributed by atoms with E-state index in [1.54, 1.807) is 10.9 Å². The lowest BCUT2D eigenvalue weighted by atomic mass is 10.1. The lowest BCUT2D eigenvalue weighted by Crippen LogP contribution is -2.10. The van der Waals surface area contributed by atoms with Crippen molar-refractivity contribution in [3.05, 3.63) is 23.8 Å². The zero-order valence-corrected chi connectivity index (χ0v) is 11.1. The van der Waals surface area contributed by atoms with Crippen LogP contribution >= 0.6 is 0 Å². The highest BCUT2D eigenvalue weighted by atomic mass is 32.2. The Bertz CT molecular complexity index is 581. The van der Waals surface area contributed by atoms with Crippen LogP contribution < -0.4 is 5.73 Å². The summed E-state index contributed by atoms with van der Waals surface area (Å²) in [6, 6.07) is 5.62. The second kappa shape index (κ2) is 5.26. The molecule has 0 saturated carbocycles. The first kappa shape index (κ1) is 12.7. The standard InChI is InChI=1S/C11H15N5OS/c1-8-3-4-9(12)7-10(8)11-13-14-15-16(11)5-6-18(2)17/h3-4,7H,5-6,12H2,1-2H3. The number of hydrogen-bond acceptors (Lipinski definition) is 5. The van der Waals surface area contributed by atoms with Crippen LogP contribution in [0.5, 0.6) is 0 Å². The van der Waals surface area contributed by atoms with Gasteiger partial charge in [0.05, 0.1) is 6.54 Å². The molecule has 0 aliphatic rings. The number of anilines is 1. The summed E-state index contributed by atoms with van der Waals surface area (Å²) in [5.74, 6) is 1.18. The first-order valence-electron chi connectivity index (χ1n) is 5.50. The molecule has 1 atom stereocenters. The van der Waals surface area contributed by atoms with Crippen molar-refractivity contribution >= 4 is 16.5 Å². The first-order valence-corrected chi connectivity index (χ1v) is 7.23. The number of benzene rings is 1. The maximum absolute atomic E-state index is 11.1. The number of aryl methyl sites for hydroxylation is 2. The van der Waals surface area contributed by atoms with Gasteiger partial charge < -0.3 is 5.73 Å². The van der Waals surface area contributed by atoms with E-state index in [0.717, 1.165) is 11.1 Å². The van der Waals surface area contributed by atoms with E-state index in [-0.39, 0.29) is 0 Å². The number of tetrazole rings is 1. The Balaban J connectivity index is 2.36. The van der Waals surface area contributed by atoms with Crippen LogP contribution in [0.2, 0.25) is 0 Å². The highest BCUT2D eigenvalue weighted by molar-refractivity contribution is 7.84. The summed E-state index contributed by atoms with van der Waals surface area (Å²) < 4.78 is 12.8. The van der Waals surface area contributed by atoms with Crippen LogP contribution in [-0.2, 0) is 17.3 Å². The van der Waals surface area contributed by atoms with Crippen LogP contribution in [0, 0.1) is 6.92 Å².